The molecule has 0 N–H and O–H groups in total. The molecule has 0 radical (unpaired) electrons. The molecule has 5 nitrogen and oxygen atoms in total. The molecule has 0 unspecified atom stereocenters. The fourth-order valence-electron chi connectivity index (χ4n) is 16.1. The van der Waals surface area contributed by atoms with E-state index >= 15 is 0 Å². The maximum atomic E-state index is 2.43. The Morgan fingerprint density at radius 1 is 0.131 bits per heavy atom. The normalized spacial score (nSPS) is 11.8. The molecule has 462 valence electrons. The molecule has 0 aliphatic rings. The molecule has 5 heteroatoms. The number of benzene rings is 16. The third kappa shape index (κ3) is 9.02. The van der Waals surface area contributed by atoms with Crippen molar-refractivity contribution in [2.75, 3.05) is 0 Å². The SMILES string of the molecule is c1ccc(-n2c3ccccc3c3cc(-c4ccc5c(c4)c4ccccc4n5-c4ccc(-c5cccc6ccccc56)cc4)ccc32)cc1.c1ccc(-n2c3ccccc3c3cc(-c4ccc5c(c4)c4ccccc4n5-c4ccc5c6ccccc6n(-c6ccccc6)c5c4)ccc32)cc1. The zero-order valence-corrected chi connectivity index (χ0v) is 54.0. The molecule has 0 amide bonds. The van der Waals surface area contributed by atoms with Crippen LogP contribution in [0.4, 0.5) is 0 Å². The molecule has 99 heavy (non-hydrogen) atoms. The Hall–Kier alpha value is -13.2. The van der Waals surface area contributed by atoms with Gasteiger partial charge in [0.1, 0.15) is 0 Å². The first-order valence-electron chi connectivity index (χ1n) is 34.1. The maximum absolute atomic E-state index is 2.43. The van der Waals surface area contributed by atoms with Gasteiger partial charge in [0.15, 0.2) is 0 Å². The highest BCUT2D eigenvalue weighted by molar-refractivity contribution is 6.16. The minimum Gasteiger partial charge on any atom is -0.309 e. The summed E-state index contributed by atoms with van der Waals surface area (Å²) in [5.41, 5.74) is 25.3. The topological polar surface area (TPSA) is 24.6 Å². The Bertz CT molecular complexity index is 6750. The predicted octanol–water partition coefficient (Wildman–Crippen LogP) is 25.0. The Kier molecular flexibility index (Phi) is 12.9. The van der Waals surface area contributed by atoms with Gasteiger partial charge in [-0.25, -0.2) is 0 Å². The summed E-state index contributed by atoms with van der Waals surface area (Å²) in [5.74, 6) is 0. The van der Waals surface area contributed by atoms with Gasteiger partial charge < -0.3 is 22.8 Å². The van der Waals surface area contributed by atoms with Crippen LogP contribution >= 0.6 is 0 Å². The first-order chi connectivity index (χ1) is 49.1. The van der Waals surface area contributed by atoms with Crippen molar-refractivity contribution in [2.45, 2.75) is 0 Å². The fraction of sp³-hybridized carbons (Fsp3) is 0. The van der Waals surface area contributed by atoms with Gasteiger partial charge in [0, 0.05) is 82.3 Å². The van der Waals surface area contributed by atoms with Gasteiger partial charge in [-0.3, -0.25) is 0 Å². The van der Waals surface area contributed by atoms with Gasteiger partial charge in [-0.05, 0) is 184 Å². The number of hydrogen-bond acceptors (Lipinski definition) is 0. The second-order valence-electron chi connectivity index (χ2n) is 26.0. The molecule has 0 fully saturated rings. The van der Waals surface area contributed by atoms with Crippen LogP contribution in [-0.2, 0) is 0 Å². The smallest absolute Gasteiger partial charge is 0.0561 e. The Morgan fingerprint density at radius 2 is 0.394 bits per heavy atom. The van der Waals surface area contributed by atoms with E-state index in [9.17, 15) is 0 Å². The van der Waals surface area contributed by atoms with Crippen LogP contribution in [0.1, 0.15) is 0 Å². The Labute approximate surface area is 571 Å². The van der Waals surface area contributed by atoms with E-state index in [1.54, 1.807) is 0 Å². The van der Waals surface area contributed by atoms with Crippen LogP contribution in [0.2, 0.25) is 0 Å². The molecule has 0 saturated heterocycles. The van der Waals surface area contributed by atoms with Gasteiger partial charge in [-0.2, -0.15) is 0 Å². The van der Waals surface area contributed by atoms with Crippen molar-refractivity contribution >= 4 is 120 Å². The fourth-order valence-corrected chi connectivity index (χ4v) is 16.1. The molecule has 16 aromatic carbocycles. The Balaban J connectivity index is 0.000000134. The van der Waals surface area contributed by atoms with E-state index in [1.807, 2.05) is 0 Å². The van der Waals surface area contributed by atoms with Crippen molar-refractivity contribution in [3.63, 3.8) is 0 Å². The second kappa shape index (κ2) is 22.7. The molecule has 0 spiro atoms. The summed E-state index contributed by atoms with van der Waals surface area (Å²) in [6.45, 7) is 0. The van der Waals surface area contributed by atoms with Gasteiger partial charge >= 0.3 is 0 Å². The zero-order valence-electron chi connectivity index (χ0n) is 54.0. The molecule has 5 aromatic heterocycles. The highest BCUT2D eigenvalue weighted by Crippen LogP contribution is 2.43. The van der Waals surface area contributed by atoms with Gasteiger partial charge in [0.05, 0.1) is 55.2 Å². The van der Waals surface area contributed by atoms with Crippen LogP contribution in [0.3, 0.4) is 0 Å². The van der Waals surface area contributed by atoms with Crippen LogP contribution in [0.15, 0.2) is 370 Å². The number of aromatic nitrogens is 5. The van der Waals surface area contributed by atoms with E-state index in [0.29, 0.717) is 0 Å². The summed E-state index contributed by atoms with van der Waals surface area (Å²) < 4.78 is 12.0. The van der Waals surface area contributed by atoms with Crippen LogP contribution in [0, 0.1) is 0 Å². The third-order valence-electron chi connectivity index (χ3n) is 20.5. The molecule has 0 atom stereocenters. The van der Waals surface area contributed by atoms with E-state index in [2.05, 4.69) is 393 Å². The number of nitrogens with zero attached hydrogens (tertiary/aromatic N) is 5. The van der Waals surface area contributed by atoms with Crippen LogP contribution in [0.5, 0.6) is 0 Å². The van der Waals surface area contributed by atoms with Crippen molar-refractivity contribution in [3.05, 3.63) is 370 Å². The zero-order chi connectivity index (χ0) is 65.1. The largest absolute Gasteiger partial charge is 0.309 e. The lowest BCUT2D eigenvalue weighted by Crippen LogP contribution is -1.96. The van der Waals surface area contributed by atoms with E-state index in [1.165, 1.54) is 165 Å². The third-order valence-corrected chi connectivity index (χ3v) is 20.5. The lowest BCUT2D eigenvalue weighted by atomic mass is 9.98. The summed E-state index contributed by atoms with van der Waals surface area (Å²) in [6.07, 6.45) is 0. The van der Waals surface area contributed by atoms with Crippen molar-refractivity contribution < 1.29 is 0 Å². The summed E-state index contributed by atoms with van der Waals surface area (Å²) in [4.78, 5) is 0. The minimum absolute atomic E-state index is 1.15. The van der Waals surface area contributed by atoms with Gasteiger partial charge in [0.2, 0.25) is 0 Å². The van der Waals surface area contributed by atoms with E-state index < -0.39 is 0 Å². The standard InChI is InChI=1S/C48H31N3.C46H30N2/c1-3-13-34(14-4-1)49-44-21-11-8-18-38(44)41-29-32(23-27-46(41)49)33-24-28-47-42(30-33)39-19-9-12-22-45(39)51(47)36-25-26-40-37-17-7-10-20-43(37)50(48(40)31-36)35-15-5-2-6-16-35;1-2-13-35(14-3-1)47-43-19-8-6-16-39(43)41-29-33(23-27-45(41)47)34-24-28-46-42(30-34)40-17-7-9-20-44(40)48(46)36-25-21-32(22-26-36)38-18-10-12-31-11-4-5-15-37(31)38/h1-31H;1-30H. The monoisotopic (exact) mass is 1260 g/mol. The predicted molar refractivity (Wildman–Crippen MR) is 418 cm³/mol. The molecular weight excluding hydrogens is 1200 g/mol. The highest BCUT2D eigenvalue weighted by Gasteiger charge is 2.21. The molecular formula is C94H61N5. The van der Waals surface area contributed by atoms with Gasteiger partial charge in [-0.15, -0.1) is 0 Å². The lowest BCUT2D eigenvalue weighted by Gasteiger charge is -2.11. The van der Waals surface area contributed by atoms with Crippen LogP contribution < -0.4 is 0 Å². The molecule has 0 bridgehead atoms. The molecule has 21 rings (SSSR count). The van der Waals surface area contributed by atoms with Crippen molar-refractivity contribution in [1.82, 2.24) is 22.8 Å². The summed E-state index contributed by atoms with van der Waals surface area (Å²) >= 11 is 0. The van der Waals surface area contributed by atoms with Gasteiger partial charge in [-0.1, -0.05) is 231 Å². The Morgan fingerprint density at radius 3 is 0.788 bits per heavy atom. The quantitative estimate of drug-likeness (QED) is 0.145. The molecule has 0 aliphatic carbocycles. The van der Waals surface area contributed by atoms with Crippen molar-refractivity contribution in [2.24, 2.45) is 0 Å². The molecule has 21 aromatic rings. The molecule has 5 heterocycles. The number of fused-ring (bicyclic) bond motifs is 16. The van der Waals surface area contributed by atoms with Crippen molar-refractivity contribution in [1.29, 1.82) is 0 Å². The number of para-hydroxylation sites is 8. The number of hydrogen-bond donors (Lipinski definition) is 0. The number of rotatable bonds is 8. The summed E-state index contributed by atoms with van der Waals surface area (Å²) in [6, 6.07) is 135. The van der Waals surface area contributed by atoms with Crippen LogP contribution in [-0.4, -0.2) is 22.8 Å². The highest BCUT2D eigenvalue weighted by atomic mass is 15.0. The minimum atomic E-state index is 1.15. The summed E-state index contributed by atoms with van der Waals surface area (Å²) in [5, 5.41) is 15.1. The molecule has 0 aliphatic heterocycles. The molecule has 0 saturated carbocycles. The summed E-state index contributed by atoms with van der Waals surface area (Å²) in [7, 11) is 0. The lowest BCUT2D eigenvalue weighted by molar-refractivity contribution is 1.15. The maximum Gasteiger partial charge on any atom is 0.0561 e. The van der Waals surface area contributed by atoms with Gasteiger partial charge in [0.25, 0.3) is 0 Å². The second-order valence-corrected chi connectivity index (χ2v) is 26.0. The van der Waals surface area contributed by atoms with E-state index in [4.69, 9.17) is 0 Å². The average molecular weight is 1260 g/mol. The van der Waals surface area contributed by atoms with Crippen molar-refractivity contribution in [3.8, 4) is 61.8 Å². The van der Waals surface area contributed by atoms with E-state index in [-0.39, 0.29) is 0 Å². The first kappa shape index (κ1) is 56.2. The first-order valence-corrected chi connectivity index (χ1v) is 34.1. The van der Waals surface area contributed by atoms with E-state index in [0.717, 1.165) is 17.1 Å². The van der Waals surface area contributed by atoms with Crippen LogP contribution in [0.25, 0.3) is 182 Å². The average Bonchev–Trinajstić information content (AvgIpc) is 1.70.